The highest BCUT2D eigenvalue weighted by Crippen LogP contribution is 2.14. The molecule has 2 aromatic rings. The number of carbonyl (C=O) groups excluding carboxylic acids is 1. The van der Waals surface area contributed by atoms with Crippen LogP contribution in [0, 0.1) is 0 Å². The highest BCUT2D eigenvalue weighted by atomic mass is 35.5. The van der Waals surface area contributed by atoms with E-state index in [-0.39, 0.29) is 23.8 Å². The zero-order valence-electron chi connectivity index (χ0n) is 18.3. The largest absolute Gasteiger partial charge is 0.473 e. The summed E-state index contributed by atoms with van der Waals surface area (Å²) in [5.41, 5.74) is 1.26. The summed E-state index contributed by atoms with van der Waals surface area (Å²) in [5, 5.41) is 15.3. The number of benzene rings is 2. The quantitative estimate of drug-likeness (QED) is 0.474. The molecule has 3 rings (SSSR count). The monoisotopic (exact) mass is 511 g/mol. The molecule has 1 heterocycles. The van der Waals surface area contributed by atoms with Gasteiger partial charge in [-0.15, -0.1) is 0 Å². The van der Waals surface area contributed by atoms with Crippen LogP contribution >= 0.6 is 11.6 Å². The number of aliphatic carboxylic acids is 2. The number of rotatable bonds is 7. The molecule has 0 radical (unpaired) electrons. The van der Waals surface area contributed by atoms with E-state index in [1.54, 1.807) is 4.90 Å². The van der Waals surface area contributed by atoms with Gasteiger partial charge in [-0.1, -0.05) is 41.9 Å². The molecule has 0 bridgehead atoms. The lowest BCUT2D eigenvalue weighted by Crippen LogP contribution is -2.48. The second kappa shape index (κ2) is 13.0. The molecule has 0 saturated carbocycles. The van der Waals surface area contributed by atoms with Gasteiger partial charge in [-0.3, -0.25) is 9.69 Å². The molecule has 0 unspecified atom stereocenters. The van der Waals surface area contributed by atoms with Crippen LogP contribution < -0.4 is 4.72 Å². The fraction of sp³-hybridized carbons (Fsp3) is 0.318. The first kappa shape index (κ1) is 27.3. The lowest BCUT2D eigenvalue weighted by molar-refractivity contribution is -0.159. The molecule has 3 N–H and O–H groups in total. The number of nitrogens with zero attached hydrogens (tertiary/aromatic N) is 2. The molecule has 1 fully saturated rings. The van der Waals surface area contributed by atoms with Crippen LogP contribution in [0.2, 0.25) is 5.02 Å². The van der Waals surface area contributed by atoms with Crippen LogP contribution in [-0.2, 0) is 31.0 Å². The number of halogens is 1. The Morgan fingerprint density at radius 2 is 1.44 bits per heavy atom. The molecular formula is C22H26ClN3O7S. The number of hydrogen-bond donors (Lipinski definition) is 3. The van der Waals surface area contributed by atoms with E-state index < -0.39 is 22.0 Å². The third-order valence-electron chi connectivity index (χ3n) is 4.91. The minimum absolute atomic E-state index is 0.0295. The van der Waals surface area contributed by atoms with Gasteiger partial charge in [-0.2, -0.15) is 0 Å². The van der Waals surface area contributed by atoms with E-state index in [0.717, 1.165) is 19.6 Å². The Hall–Kier alpha value is -2.99. The fourth-order valence-corrected chi connectivity index (χ4v) is 4.30. The number of carboxylic acid groups (broad SMARTS) is 2. The number of amides is 1. The second-order valence-corrected chi connectivity index (χ2v) is 9.56. The maximum atomic E-state index is 12.4. The smallest absolute Gasteiger partial charge is 0.414 e. The number of carbonyl (C=O) groups is 3. The summed E-state index contributed by atoms with van der Waals surface area (Å²) in [6.45, 7) is 3.91. The van der Waals surface area contributed by atoms with Crippen molar-refractivity contribution < 1.29 is 33.0 Å². The third kappa shape index (κ3) is 9.10. The van der Waals surface area contributed by atoms with Crippen molar-refractivity contribution in [2.75, 3.05) is 32.7 Å². The van der Waals surface area contributed by atoms with Crippen molar-refractivity contribution in [3.8, 4) is 0 Å². The molecule has 0 aliphatic carbocycles. The maximum absolute atomic E-state index is 12.4. The summed E-state index contributed by atoms with van der Waals surface area (Å²) < 4.78 is 26.9. The summed E-state index contributed by atoms with van der Waals surface area (Å²) in [4.78, 5) is 34.8. The van der Waals surface area contributed by atoms with Crippen molar-refractivity contribution in [2.45, 2.75) is 17.9 Å². The summed E-state index contributed by atoms with van der Waals surface area (Å²) >= 11 is 5.78. The molecule has 0 spiro atoms. The van der Waals surface area contributed by atoms with E-state index >= 15 is 0 Å². The Bertz CT molecular complexity index is 1060. The molecule has 2 aromatic carbocycles. The number of nitrogens with one attached hydrogen (secondary N) is 1. The van der Waals surface area contributed by atoms with Crippen LogP contribution in [0.1, 0.15) is 12.0 Å². The van der Waals surface area contributed by atoms with Gasteiger partial charge < -0.3 is 15.1 Å². The fourth-order valence-electron chi connectivity index (χ4n) is 3.14. The summed E-state index contributed by atoms with van der Waals surface area (Å²) in [6.07, 6.45) is 0.144. The van der Waals surface area contributed by atoms with Crippen molar-refractivity contribution in [1.29, 1.82) is 0 Å². The first-order valence-electron chi connectivity index (χ1n) is 10.3. The van der Waals surface area contributed by atoms with Crippen molar-refractivity contribution in [3.63, 3.8) is 0 Å². The molecule has 1 aliphatic heterocycles. The van der Waals surface area contributed by atoms with Crippen LogP contribution in [0.3, 0.4) is 0 Å². The lowest BCUT2D eigenvalue weighted by Gasteiger charge is -2.34. The van der Waals surface area contributed by atoms with Gasteiger partial charge in [0.2, 0.25) is 15.9 Å². The van der Waals surface area contributed by atoms with Gasteiger partial charge in [-0.25, -0.2) is 22.7 Å². The van der Waals surface area contributed by atoms with Gasteiger partial charge in [0.05, 0.1) is 4.90 Å². The zero-order valence-corrected chi connectivity index (χ0v) is 19.8. The molecule has 0 aromatic heterocycles. The summed E-state index contributed by atoms with van der Waals surface area (Å²) in [7, 11) is -3.63. The minimum Gasteiger partial charge on any atom is -0.473 e. The van der Waals surface area contributed by atoms with Crippen LogP contribution in [0.25, 0.3) is 0 Å². The average Bonchev–Trinajstić information content (AvgIpc) is 2.80. The van der Waals surface area contributed by atoms with Crippen molar-refractivity contribution >= 4 is 39.5 Å². The summed E-state index contributed by atoms with van der Waals surface area (Å²) in [6, 6.07) is 16.2. The zero-order chi connectivity index (χ0) is 25.1. The number of piperazine rings is 1. The molecule has 34 heavy (non-hydrogen) atoms. The highest BCUT2D eigenvalue weighted by Gasteiger charge is 2.21. The second-order valence-electron chi connectivity index (χ2n) is 7.35. The van der Waals surface area contributed by atoms with E-state index in [4.69, 9.17) is 31.4 Å². The molecule has 1 aliphatic rings. The van der Waals surface area contributed by atoms with E-state index in [1.807, 2.05) is 18.2 Å². The number of carboxylic acids is 2. The van der Waals surface area contributed by atoms with Gasteiger partial charge >= 0.3 is 11.9 Å². The van der Waals surface area contributed by atoms with Crippen molar-refractivity contribution in [3.05, 3.63) is 65.2 Å². The van der Waals surface area contributed by atoms with E-state index in [0.29, 0.717) is 18.1 Å². The first-order chi connectivity index (χ1) is 16.1. The number of sulfonamides is 1. The van der Waals surface area contributed by atoms with Gasteiger partial charge in [0, 0.05) is 50.7 Å². The molecule has 10 nitrogen and oxygen atoms in total. The lowest BCUT2D eigenvalue weighted by atomic mass is 10.2. The molecule has 184 valence electrons. The summed E-state index contributed by atoms with van der Waals surface area (Å²) in [5.74, 6) is -3.68. The number of hydrogen-bond acceptors (Lipinski definition) is 6. The van der Waals surface area contributed by atoms with Crippen LogP contribution in [0.4, 0.5) is 0 Å². The van der Waals surface area contributed by atoms with E-state index in [2.05, 4.69) is 21.8 Å². The highest BCUT2D eigenvalue weighted by molar-refractivity contribution is 7.89. The average molecular weight is 512 g/mol. The Morgan fingerprint density at radius 1 is 0.882 bits per heavy atom. The van der Waals surface area contributed by atoms with Crippen molar-refractivity contribution in [2.24, 2.45) is 0 Å². The maximum Gasteiger partial charge on any atom is 0.414 e. The molecule has 12 heteroatoms. The van der Waals surface area contributed by atoms with E-state index in [9.17, 15) is 13.2 Å². The standard InChI is InChI=1S/C20H24ClN3O3S.C2H2O4/c21-18-6-8-19(9-7-18)28(26,27)22-11-10-20(25)24-14-12-23(13-15-24)16-17-4-2-1-3-5-17;3-1(4)2(5)6/h1-9,22H,10-16H2;(H,3,4)(H,5,6). The molecule has 0 atom stereocenters. The Kier molecular flexibility index (Phi) is 10.5. The first-order valence-corrected chi connectivity index (χ1v) is 12.2. The molecular weight excluding hydrogens is 486 g/mol. The third-order valence-corrected chi connectivity index (χ3v) is 6.64. The predicted octanol–water partition coefficient (Wildman–Crippen LogP) is 1.51. The Morgan fingerprint density at radius 3 is 1.97 bits per heavy atom. The topological polar surface area (TPSA) is 144 Å². The van der Waals surface area contributed by atoms with Crippen LogP contribution in [0.5, 0.6) is 0 Å². The molecule has 1 amide bonds. The Balaban J connectivity index is 0.000000604. The normalized spacial score (nSPS) is 14.1. The Labute approximate surface area is 202 Å². The molecule has 1 saturated heterocycles. The van der Waals surface area contributed by atoms with Crippen molar-refractivity contribution in [1.82, 2.24) is 14.5 Å². The van der Waals surface area contributed by atoms with Gasteiger partial charge in [0.25, 0.3) is 0 Å². The van der Waals surface area contributed by atoms with Gasteiger partial charge in [0.1, 0.15) is 0 Å². The van der Waals surface area contributed by atoms with Crippen LogP contribution in [0.15, 0.2) is 59.5 Å². The van der Waals surface area contributed by atoms with Crippen LogP contribution in [-0.4, -0.2) is 79.0 Å². The van der Waals surface area contributed by atoms with Gasteiger partial charge in [-0.05, 0) is 29.8 Å². The van der Waals surface area contributed by atoms with E-state index in [1.165, 1.54) is 29.8 Å². The van der Waals surface area contributed by atoms with Gasteiger partial charge in [0.15, 0.2) is 0 Å². The SMILES string of the molecule is O=C(CCNS(=O)(=O)c1ccc(Cl)cc1)N1CCN(Cc2ccccc2)CC1.O=C(O)C(=O)O. The predicted molar refractivity (Wildman–Crippen MR) is 125 cm³/mol. The minimum atomic E-state index is -3.63.